The van der Waals surface area contributed by atoms with E-state index in [2.05, 4.69) is 44.6 Å². The topological polar surface area (TPSA) is 33.0 Å². The predicted molar refractivity (Wildman–Crippen MR) is 67.3 cm³/mol. The van der Waals surface area contributed by atoms with Gasteiger partial charge in [-0.1, -0.05) is 15.9 Å². The average Bonchev–Trinajstić information content (AvgIpc) is 2.08. The highest BCUT2D eigenvalue weighted by molar-refractivity contribution is 14.1. The lowest BCUT2D eigenvalue weighted by Gasteiger charge is -2.13. The Bertz CT molecular complexity index is 384. The summed E-state index contributed by atoms with van der Waals surface area (Å²) in [5.41, 5.74) is 0.567. The van der Waals surface area contributed by atoms with Gasteiger partial charge in [0.15, 0.2) is 5.75 Å². The molecule has 0 spiro atoms. The van der Waals surface area contributed by atoms with Crippen LogP contribution in [0, 0.1) is 14.9 Å². The van der Waals surface area contributed by atoms with Crippen molar-refractivity contribution in [2.75, 3.05) is 0 Å². The lowest BCUT2D eigenvalue weighted by Crippen LogP contribution is -2.08. The molecule has 0 amide bonds. The van der Waals surface area contributed by atoms with Crippen LogP contribution in [0.3, 0.4) is 0 Å². The Kier molecular flexibility index (Phi) is 4.20. The molecule has 0 aliphatic heterocycles. The number of halogens is 2. The van der Waals surface area contributed by atoms with E-state index < -0.39 is 0 Å². The molecule has 0 N–H and O–H groups in total. The maximum atomic E-state index is 8.93. The van der Waals surface area contributed by atoms with E-state index in [1.165, 1.54) is 0 Å². The standard InChI is InChI=1S/C10H9BrINO/c1-6(2)14-10-7(5-13)3-8(11)4-9(10)12/h3-4,6H,1-2H3. The minimum absolute atomic E-state index is 0.0804. The Labute approximate surface area is 106 Å². The van der Waals surface area contributed by atoms with Crippen molar-refractivity contribution >= 4 is 38.5 Å². The van der Waals surface area contributed by atoms with Gasteiger partial charge in [0, 0.05) is 4.47 Å². The summed E-state index contributed by atoms with van der Waals surface area (Å²) < 4.78 is 7.42. The smallest absolute Gasteiger partial charge is 0.150 e. The number of hydrogen-bond acceptors (Lipinski definition) is 2. The van der Waals surface area contributed by atoms with Gasteiger partial charge in [-0.25, -0.2) is 0 Å². The molecular formula is C10H9BrINO. The molecule has 2 nitrogen and oxygen atoms in total. The first kappa shape index (κ1) is 11.8. The Hall–Kier alpha value is -0.280. The zero-order valence-electron chi connectivity index (χ0n) is 7.84. The molecule has 0 saturated heterocycles. The summed E-state index contributed by atoms with van der Waals surface area (Å²) in [6.07, 6.45) is 0.0804. The third-order valence-corrected chi connectivity index (χ3v) is 2.74. The Balaban J connectivity index is 3.20. The molecule has 1 rings (SSSR count). The zero-order chi connectivity index (χ0) is 10.7. The van der Waals surface area contributed by atoms with Crippen LogP contribution < -0.4 is 4.74 Å². The number of hydrogen-bond donors (Lipinski definition) is 0. The van der Waals surface area contributed by atoms with Crippen LogP contribution in [0.5, 0.6) is 5.75 Å². The maximum Gasteiger partial charge on any atom is 0.150 e. The van der Waals surface area contributed by atoms with Gasteiger partial charge in [0.05, 0.1) is 15.2 Å². The minimum Gasteiger partial charge on any atom is -0.489 e. The molecule has 0 fully saturated rings. The fraction of sp³-hybridized carbons (Fsp3) is 0.300. The summed E-state index contributed by atoms with van der Waals surface area (Å²) in [4.78, 5) is 0. The van der Waals surface area contributed by atoms with Crippen molar-refractivity contribution < 1.29 is 4.74 Å². The third kappa shape index (κ3) is 2.85. The second-order valence-electron chi connectivity index (χ2n) is 3.04. The lowest BCUT2D eigenvalue weighted by molar-refractivity contribution is 0.240. The maximum absolute atomic E-state index is 8.93. The van der Waals surface area contributed by atoms with Crippen molar-refractivity contribution in [3.8, 4) is 11.8 Å². The molecule has 0 aromatic heterocycles. The Morgan fingerprint density at radius 3 is 2.64 bits per heavy atom. The van der Waals surface area contributed by atoms with Gasteiger partial charge in [0.2, 0.25) is 0 Å². The first-order valence-electron chi connectivity index (χ1n) is 4.10. The summed E-state index contributed by atoms with van der Waals surface area (Å²) in [6.45, 7) is 3.89. The molecule has 0 aliphatic rings. The first-order chi connectivity index (χ1) is 6.54. The van der Waals surface area contributed by atoms with Crippen molar-refractivity contribution in [2.24, 2.45) is 0 Å². The Morgan fingerprint density at radius 1 is 1.50 bits per heavy atom. The second kappa shape index (κ2) is 4.99. The molecule has 0 atom stereocenters. The number of nitriles is 1. The van der Waals surface area contributed by atoms with Crippen molar-refractivity contribution in [3.63, 3.8) is 0 Å². The monoisotopic (exact) mass is 365 g/mol. The molecule has 1 aromatic rings. The van der Waals surface area contributed by atoms with Crippen molar-refractivity contribution in [2.45, 2.75) is 20.0 Å². The molecule has 0 saturated carbocycles. The SMILES string of the molecule is CC(C)Oc1c(I)cc(Br)cc1C#N. The van der Waals surface area contributed by atoms with Gasteiger partial charge >= 0.3 is 0 Å². The van der Waals surface area contributed by atoms with Gasteiger partial charge in [0.25, 0.3) is 0 Å². The van der Waals surface area contributed by atoms with Crippen LogP contribution in [-0.2, 0) is 0 Å². The summed E-state index contributed by atoms with van der Waals surface area (Å²) in [7, 11) is 0. The zero-order valence-corrected chi connectivity index (χ0v) is 11.6. The van der Waals surface area contributed by atoms with Crippen LogP contribution in [0.15, 0.2) is 16.6 Å². The van der Waals surface area contributed by atoms with Crippen LogP contribution in [0.25, 0.3) is 0 Å². The number of nitrogens with zero attached hydrogens (tertiary/aromatic N) is 1. The van der Waals surface area contributed by atoms with E-state index in [-0.39, 0.29) is 6.10 Å². The molecule has 14 heavy (non-hydrogen) atoms. The van der Waals surface area contributed by atoms with Crippen LogP contribution in [-0.4, -0.2) is 6.10 Å². The number of ether oxygens (including phenoxy) is 1. The molecule has 1 aromatic carbocycles. The summed E-state index contributed by atoms with van der Waals surface area (Å²) in [6, 6.07) is 5.82. The summed E-state index contributed by atoms with van der Waals surface area (Å²) >= 11 is 5.50. The third-order valence-electron chi connectivity index (χ3n) is 1.48. The van der Waals surface area contributed by atoms with Gasteiger partial charge in [-0.05, 0) is 48.6 Å². The van der Waals surface area contributed by atoms with Crippen molar-refractivity contribution in [3.05, 3.63) is 25.7 Å². The van der Waals surface area contributed by atoms with Gasteiger partial charge in [-0.15, -0.1) is 0 Å². The van der Waals surface area contributed by atoms with Crippen molar-refractivity contribution in [1.82, 2.24) is 0 Å². The van der Waals surface area contributed by atoms with E-state index in [0.717, 1.165) is 8.04 Å². The molecule has 0 radical (unpaired) electrons. The highest BCUT2D eigenvalue weighted by Gasteiger charge is 2.10. The van der Waals surface area contributed by atoms with Gasteiger partial charge in [-0.3, -0.25) is 0 Å². The first-order valence-corrected chi connectivity index (χ1v) is 5.97. The molecule has 0 aliphatic carbocycles. The van der Waals surface area contributed by atoms with E-state index in [4.69, 9.17) is 10.00 Å². The van der Waals surface area contributed by atoms with Crippen LogP contribution in [0.4, 0.5) is 0 Å². The van der Waals surface area contributed by atoms with Gasteiger partial charge < -0.3 is 4.74 Å². The molecule has 0 heterocycles. The highest BCUT2D eigenvalue weighted by Crippen LogP contribution is 2.30. The molecule has 0 unspecified atom stereocenters. The van der Waals surface area contributed by atoms with E-state index in [9.17, 15) is 0 Å². The lowest BCUT2D eigenvalue weighted by atomic mass is 10.2. The van der Waals surface area contributed by atoms with E-state index in [0.29, 0.717) is 11.3 Å². The Morgan fingerprint density at radius 2 is 2.14 bits per heavy atom. The molecule has 0 bridgehead atoms. The largest absolute Gasteiger partial charge is 0.489 e. The van der Waals surface area contributed by atoms with E-state index in [1.54, 1.807) is 6.07 Å². The van der Waals surface area contributed by atoms with Crippen LogP contribution in [0.2, 0.25) is 0 Å². The minimum atomic E-state index is 0.0804. The molecular weight excluding hydrogens is 357 g/mol. The number of rotatable bonds is 2. The van der Waals surface area contributed by atoms with E-state index >= 15 is 0 Å². The molecule has 4 heteroatoms. The van der Waals surface area contributed by atoms with Crippen LogP contribution in [0.1, 0.15) is 19.4 Å². The highest BCUT2D eigenvalue weighted by atomic mass is 127. The predicted octanol–water partition coefficient (Wildman–Crippen LogP) is 3.71. The van der Waals surface area contributed by atoms with Crippen molar-refractivity contribution in [1.29, 1.82) is 5.26 Å². The summed E-state index contributed by atoms with van der Waals surface area (Å²) in [5.74, 6) is 0.673. The normalized spacial score (nSPS) is 10.0. The number of benzene rings is 1. The fourth-order valence-corrected chi connectivity index (χ4v) is 2.64. The quantitative estimate of drug-likeness (QED) is 0.748. The fourth-order valence-electron chi connectivity index (χ4n) is 0.999. The molecule has 74 valence electrons. The van der Waals surface area contributed by atoms with Gasteiger partial charge in [-0.2, -0.15) is 5.26 Å². The average molecular weight is 366 g/mol. The summed E-state index contributed by atoms with van der Waals surface area (Å²) in [5, 5.41) is 8.93. The van der Waals surface area contributed by atoms with Crippen LogP contribution >= 0.6 is 38.5 Å². The van der Waals surface area contributed by atoms with E-state index in [1.807, 2.05) is 19.9 Å². The van der Waals surface area contributed by atoms with Gasteiger partial charge in [0.1, 0.15) is 6.07 Å². The second-order valence-corrected chi connectivity index (χ2v) is 5.12.